The summed E-state index contributed by atoms with van der Waals surface area (Å²) in [6.45, 7) is 0.460. The predicted molar refractivity (Wildman–Crippen MR) is 69.6 cm³/mol. The van der Waals surface area contributed by atoms with Crippen molar-refractivity contribution < 1.29 is 9.47 Å². The number of thiocarbonyl (C=S) groups is 1. The minimum Gasteiger partial charge on any atom is -0.493 e. The molecule has 0 bridgehead atoms. The lowest BCUT2D eigenvalue weighted by Gasteiger charge is -2.08. The highest BCUT2D eigenvalue weighted by atomic mass is 32.1. The molecule has 0 saturated carbocycles. The van der Waals surface area contributed by atoms with Gasteiger partial charge in [0.25, 0.3) is 0 Å². The van der Waals surface area contributed by atoms with E-state index in [4.69, 9.17) is 27.4 Å². The summed E-state index contributed by atoms with van der Waals surface area (Å²) in [5.74, 6) is 1.31. The van der Waals surface area contributed by atoms with E-state index in [1.807, 2.05) is 16.7 Å². The Bertz CT molecular complexity index is 565. The molecule has 2 N–H and O–H groups in total. The Morgan fingerprint density at radius 2 is 2.00 bits per heavy atom. The molecule has 6 heteroatoms. The second-order valence-electron chi connectivity index (χ2n) is 3.53. The zero-order chi connectivity index (χ0) is 12.4. The van der Waals surface area contributed by atoms with Crippen molar-refractivity contribution in [2.75, 3.05) is 14.2 Å². The number of aromatic nitrogens is 2. The van der Waals surface area contributed by atoms with Crippen LogP contribution < -0.4 is 15.2 Å². The molecule has 0 saturated heterocycles. The number of fused-ring (bicyclic) bond motifs is 1. The van der Waals surface area contributed by atoms with Gasteiger partial charge < -0.3 is 19.8 Å². The van der Waals surface area contributed by atoms with Crippen molar-refractivity contribution in [2.24, 2.45) is 5.73 Å². The normalized spacial score (nSPS) is 10.5. The van der Waals surface area contributed by atoms with Gasteiger partial charge >= 0.3 is 0 Å². The largest absolute Gasteiger partial charge is 0.493 e. The molecule has 1 heterocycles. The van der Waals surface area contributed by atoms with Gasteiger partial charge in [-0.05, 0) is 0 Å². The maximum absolute atomic E-state index is 5.53. The summed E-state index contributed by atoms with van der Waals surface area (Å²) in [5.41, 5.74) is 7.26. The Hall–Kier alpha value is -1.82. The van der Waals surface area contributed by atoms with E-state index in [1.54, 1.807) is 20.5 Å². The van der Waals surface area contributed by atoms with E-state index in [0.717, 1.165) is 11.0 Å². The van der Waals surface area contributed by atoms with Gasteiger partial charge in [0.05, 0.1) is 43.1 Å². The molecule has 17 heavy (non-hydrogen) atoms. The molecule has 2 aromatic rings. The highest BCUT2D eigenvalue weighted by Gasteiger charge is 2.10. The first kappa shape index (κ1) is 11.7. The van der Waals surface area contributed by atoms with Crippen LogP contribution in [0.15, 0.2) is 18.5 Å². The summed E-state index contributed by atoms with van der Waals surface area (Å²) >= 11 is 4.89. The first-order valence-electron chi connectivity index (χ1n) is 5.01. The van der Waals surface area contributed by atoms with Gasteiger partial charge in [0.15, 0.2) is 11.5 Å². The molecule has 0 spiro atoms. The van der Waals surface area contributed by atoms with E-state index in [9.17, 15) is 0 Å². The van der Waals surface area contributed by atoms with Crippen molar-refractivity contribution in [2.45, 2.75) is 6.54 Å². The van der Waals surface area contributed by atoms with Crippen LogP contribution in [0.1, 0.15) is 0 Å². The summed E-state index contributed by atoms with van der Waals surface area (Å²) in [6.07, 6.45) is 1.70. The Morgan fingerprint density at radius 1 is 1.35 bits per heavy atom. The Morgan fingerprint density at radius 3 is 2.59 bits per heavy atom. The van der Waals surface area contributed by atoms with Gasteiger partial charge in [0.1, 0.15) is 0 Å². The molecule has 0 amide bonds. The molecule has 0 unspecified atom stereocenters. The molecule has 0 aliphatic rings. The van der Waals surface area contributed by atoms with Gasteiger partial charge in [-0.15, -0.1) is 0 Å². The van der Waals surface area contributed by atoms with E-state index >= 15 is 0 Å². The average Bonchev–Trinajstić information content (AvgIpc) is 2.69. The lowest BCUT2D eigenvalue weighted by molar-refractivity contribution is 0.355. The summed E-state index contributed by atoms with van der Waals surface area (Å²) in [7, 11) is 3.19. The van der Waals surface area contributed by atoms with Gasteiger partial charge in [-0.1, -0.05) is 12.2 Å². The van der Waals surface area contributed by atoms with Crippen molar-refractivity contribution in [1.29, 1.82) is 0 Å². The standard InChI is InChI=1S/C11H13N3O2S/c1-15-9-3-7-8(4-10(9)16-2)14(6-13-7)5-11(12)17/h3-4,6H,5H2,1-2H3,(H2,12,17). The monoisotopic (exact) mass is 251 g/mol. The number of nitrogens with two attached hydrogens (primary N) is 1. The van der Waals surface area contributed by atoms with Crippen molar-refractivity contribution in [3.05, 3.63) is 18.5 Å². The number of nitrogens with zero attached hydrogens (tertiary/aromatic N) is 2. The molecular formula is C11H13N3O2S. The number of benzene rings is 1. The highest BCUT2D eigenvalue weighted by molar-refractivity contribution is 7.80. The van der Waals surface area contributed by atoms with Crippen LogP contribution in [0, 0.1) is 0 Å². The van der Waals surface area contributed by atoms with Crippen molar-refractivity contribution in [1.82, 2.24) is 9.55 Å². The fourth-order valence-electron chi connectivity index (χ4n) is 1.68. The van der Waals surface area contributed by atoms with Crippen LogP contribution >= 0.6 is 12.2 Å². The minimum atomic E-state index is 0.416. The average molecular weight is 251 g/mol. The molecule has 1 aromatic carbocycles. The second kappa shape index (κ2) is 4.58. The van der Waals surface area contributed by atoms with E-state index in [1.165, 1.54) is 0 Å². The van der Waals surface area contributed by atoms with Crippen molar-refractivity contribution >= 4 is 28.2 Å². The predicted octanol–water partition coefficient (Wildman–Crippen LogP) is 1.34. The quantitative estimate of drug-likeness (QED) is 0.831. The Labute approximate surface area is 104 Å². The highest BCUT2D eigenvalue weighted by Crippen LogP contribution is 2.31. The lowest BCUT2D eigenvalue weighted by Crippen LogP contribution is -2.15. The molecule has 0 fully saturated rings. The van der Waals surface area contributed by atoms with Crippen molar-refractivity contribution in [3.8, 4) is 11.5 Å². The fourth-order valence-corrected chi connectivity index (χ4v) is 1.82. The minimum absolute atomic E-state index is 0.416. The van der Waals surface area contributed by atoms with Crippen molar-refractivity contribution in [3.63, 3.8) is 0 Å². The summed E-state index contributed by atoms with van der Waals surface area (Å²) in [4.78, 5) is 4.68. The van der Waals surface area contributed by atoms with Crippen LogP contribution in [0.5, 0.6) is 11.5 Å². The van der Waals surface area contributed by atoms with Crippen LogP contribution in [0.25, 0.3) is 11.0 Å². The zero-order valence-corrected chi connectivity index (χ0v) is 10.5. The fraction of sp³-hybridized carbons (Fsp3) is 0.273. The number of methoxy groups -OCH3 is 2. The first-order valence-corrected chi connectivity index (χ1v) is 5.41. The van der Waals surface area contributed by atoms with Gasteiger partial charge in [-0.2, -0.15) is 0 Å². The van der Waals surface area contributed by atoms with E-state index < -0.39 is 0 Å². The molecule has 1 aromatic heterocycles. The molecule has 0 aliphatic heterocycles. The molecule has 90 valence electrons. The number of imidazole rings is 1. The Balaban J connectivity index is 2.56. The maximum atomic E-state index is 5.53. The van der Waals surface area contributed by atoms with Gasteiger partial charge in [-0.3, -0.25) is 0 Å². The maximum Gasteiger partial charge on any atom is 0.163 e. The third-order valence-corrected chi connectivity index (χ3v) is 2.58. The van der Waals surface area contributed by atoms with Crippen LogP contribution in [0.2, 0.25) is 0 Å². The summed E-state index contributed by atoms with van der Waals surface area (Å²) < 4.78 is 12.3. The number of hydrogen-bond donors (Lipinski definition) is 1. The van der Waals surface area contributed by atoms with Crippen LogP contribution in [-0.2, 0) is 6.54 Å². The van der Waals surface area contributed by atoms with Crippen LogP contribution in [0.4, 0.5) is 0 Å². The number of ether oxygens (including phenoxy) is 2. The SMILES string of the molecule is COc1cc2ncn(CC(N)=S)c2cc1OC. The first-order chi connectivity index (χ1) is 8.15. The molecular weight excluding hydrogens is 238 g/mol. The summed E-state index contributed by atoms with van der Waals surface area (Å²) in [5, 5.41) is 0. The van der Waals surface area contributed by atoms with E-state index in [-0.39, 0.29) is 0 Å². The van der Waals surface area contributed by atoms with Crippen LogP contribution in [-0.4, -0.2) is 28.8 Å². The third-order valence-electron chi connectivity index (χ3n) is 2.45. The summed E-state index contributed by atoms with van der Waals surface area (Å²) in [6, 6.07) is 3.68. The van der Waals surface area contributed by atoms with Crippen LogP contribution in [0.3, 0.4) is 0 Å². The zero-order valence-electron chi connectivity index (χ0n) is 9.64. The Kier molecular flexibility index (Phi) is 3.14. The third kappa shape index (κ3) is 2.16. The topological polar surface area (TPSA) is 62.3 Å². The molecule has 2 rings (SSSR count). The van der Waals surface area contributed by atoms with E-state index in [0.29, 0.717) is 23.0 Å². The number of rotatable bonds is 4. The lowest BCUT2D eigenvalue weighted by atomic mass is 10.2. The molecule has 5 nitrogen and oxygen atoms in total. The second-order valence-corrected chi connectivity index (χ2v) is 4.06. The molecule has 0 radical (unpaired) electrons. The smallest absolute Gasteiger partial charge is 0.163 e. The van der Waals surface area contributed by atoms with Gasteiger partial charge in [0, 0.05) is 12.1 Å². The van der Waals surface area contributed by atoms with Gasteiger partial charge in [0.2, 0.25) is 0 Å². The molecule has 0 atom stereocenters. The van der Waals surface area contributed by atoms with Gasteiger partial charge in [-0.25, -0.2) is 4.98 Å². The number of hydrogen-bond acceptors (Lipinski definition) is 4. The molecule has 0 aliphatic carbocycles. The van der Waals surface area contributed by atoms with E-state index in [2.05, 4.69) is 4.98 Å².